The summed E-state index contributed by atoms with van der Waals surface area (Å²) in [6, 6.07) is 24.5. The molecule has 0 aromatic heterocycles. The molecule has 0 spiro atoms. The SMILES string of the molecule is Clc1ccc(C2=NN3C(C2)c2ccccc2OC3c2ccc(Br)cc2)cc1. The molecule has 134 valence electrons. The zero-order chi connectivity index (χ0) is 18.4. The van der Waals surface area contributed by atoms with E-state index >= 15 is 0 Å². The molecule has 2 atom stereocenters. The molecule has 0 fully saturated rings. The Morgan fingerprint density at radius 2 is 1.70 bits per heavy atom. The lowest BCUT2D eigenvalue weighted by Gasteiger charge is -2.38. The Kier molecular flexibility index (Phi) is 4.18. The van der Waals surface area contributed by atoms with Gasteiger partial charge in [0.1, 0.15) is 5.75 Å². The average molecular weight is 440 g/mol. The number of para-hydroxylation sites is 1. The molecule has 3 aromatic rings. The molecule has 0 bridgehead atoms. The predicted molar refractivity (Wildman–Crippen MR) is 111 cm³/mol. The first-order valence-corrected chi connectivity index (χ1v) is 9.99. The predicted octanol–water partition coefficient (Wildman–Crippen LogP) is 6.34. The zero-order valence-electron chi connectivity index (χ0n) is 14.3. The van der Waals surface area contributed by atoms with E-state index in [1.54, 1.807) is 0 Å². The fraction of sp³-hybridized carbons (Fsp3) is 0.136. The van der Waals surface area contributed by atoms with Crippen molar-refractivity contribution in [3.8, 4) is 5.75 Å². The molecule has 0 saturated carbocycles. The van der Waals surface area contributed by atoms with E-state index < -0.39 is 0 Å². The van der Waals surface area contributed by atoms with Gasteiger partial charge in [0.15, 0.2) is 0 Å². The number of ether oxygens (including phenoxy) is 1. The molecule has 0 saturated heterocycles. The second kappa shape index (κ2) is 6.70. The second-order valence-corrected chi connectivity index (χ2v) is 8.07. The minimum atomic E-state index is -0.247. The summed E-state index contributed by atoms with van der Waals surface area (Å²) in [5.41, 5.74) is 4.41. The third-order valence-electron chi connectivity index (χ3n) is 5.03. The summed E-state index contributed by atoms with van der Waals surface area (Å²) in [5, 5.41) is 7.78. The maximum absolute atomic E-state index is 6.36. The van der Waals surface area contributed by atoms with Crippen LogP contribution in [0.2, 0.25) is 5.02 Å². The van der Waals surface area contributed by atoms with Gasteiger partial charge in [-0.2, -0.15) is 5.10 Å². The average Bonchev–Trinajstić information content (AvgIpc) is 3.14. The van der Waals surface area contributed by atoms with Gasteiger partial charge < -0.3 is 4.74 Å². The van der Waals surface area contributed by atoms with Crippen LogP contribution in [0.5, 0.6) is 5.75 Å². The van der Waals surface area contributed by atoms with Gasteiger partial charge in [0.25, 0.3) is 0 Å². The van der Waals surface area contributed by atoms with E-state index in [0.29, 0.717) is 0 Å². The molecule has 3 aromatic carbocycles. The monoisotopic (exact) mass is 438 g/mol. The number of halogens is 2. The highest BCUT2D eigenvalue weighted by molar-refractivity contribution is 9.10. The van der Waals surface area contributed by atoms with E-state index in [9.17, 15) is 0 Å². The van der Waals surface area contributed by atoms with Gasteiger partial charge in [-0.3, -0.25) is 0 Å². The van der Waals surface area contributed by atoms with Gasteiger partial charge in [0.2, 0.25) is 6.23 Å². The molecule has 2 aliphatic heterocycles. The molecular weight excluding hydrogens is 424 g/mol. The molecule has 3 nitrogen and oxygen atoms in total. The van der Waals surface area contributed by atoms with Crippen molar-refractivity contribution in [3.63, 3.8) is 0 Å². The fourth-order valence-corrected chi connectivity index (χ4v) is 4.09. The van der Waals surface area contributed by atoms with Crippen LogP contribution in [-0.2, 0) is 0 Å². The number of hydrazone groups is 1. The lowest BCUT2D eigenvalue weighted by atomic mass is 9.96. The van der Waals surface area contributed by atoms with Gasteiger partial charge in [-0.1, -0.05) is 70.0 Å². The summed E-state index contributed by atoms with van der Waals surface area (Å²) in [6.45, 7) is 0. The number of hydrogen-bond acceptors (Lipinski definition) is 3. The van der Waals surface area contributed by atoms with Gasteiger partial charge in [-0.15, -0.1) is 0 Å². The van der Waals surface area contributed by atoms with Crippen LogP contribution in [0, 0.1) is 0 Å². The molecule has 2 aliphatic rings. The summed E-state index contributed by atoms with van der Waals surface area (Å²) in [6.07, 6.45) is 0.595. The number of benzene rings is 3. The first-order valence-electron chi connectivity index (χ1n) is 8.82. The van der Waals surface area contributed by atoms with Crippen molar-refractivity contribution in [1.82, 2.24) is 5.01 Å². The summed E-state index contributed by atoms with van der Waals surface area (Å²) in [4.78, 5) is 0. The Morgan fingerprint density at radius 3 is 2.48 bits per heavy atom. The van der Waals surface area contributed by atoms with E-state index in [-0.39, 0.29) is 12.3 Å². The van der Waals surface area contributed by atoms with E-state index in [0.717, 1.165) is 38.5 Å². The van der Waals surface area contributed by atoms with E-state index in [1.165, 1.54) is 5.56 Å². The fourth-order valence-electron chi connectivity index (χ4n) is 3.70. The zero-order valence-corrected chi connectivity index (χ0v) is 16.7. The number of fused-ring (bicyclic) bond motifs is 3. The molecular formula is C22H16BrClN2O. The Balaban J connectivity index is 1.58. The summed E-state index contributed by atoms with van der Waals surface area (Å²) >= 11 is 9.55. The molecule has 0 aliphatic carbocycles. The summed E-state index contributed by atoms with van der Waals surface area (Å²) < 4.78 is 7.40. The van der Waals surface area contributed by atoms with Crippen molar-refractivity contribution in [1.29, 1.82) is 0 Å². The topological polar surface area (TPSA) is 24.8 Å². The van der Waals surface area contributed by atoms with Crippen LogP contribution >= 0.6 is 27.5 Å². The Hall–Kier alpha value is -2.30. The standard InChI is InChI=1S/C22H16BrClN2O/c23-16-9-5-15(6-10-16)22-26-20(18-3-1-2-4-21(18)27-22)13-19(25-26)14-7-11-17(24)12-8-14/h1-12,20,22H,13H2. The Morgan fingerprint density at radius 1 is 0.963 bits per heavy atom. The van der Waals surface area contributed by atoms with Crippen LogP contribution in [0.1, 0.15) is 35.4 Å². The molecule has 27 heavy (non-hydrogen) atoms. The molecule has 0 amide bonds. The van der Waals surface area contributed by atoms with Crippen molar-refractivity contribution in [2.24, 2.45) is 5.10 Å². The van der Waals surface area contributed by atoms with Crippen molar-refractivity contribution in [3.05, 3.63) is 99.0 Å². The molecule has 2 unspecified atom stereocenters. The van der Waals surface area contributed by atoms with Crippen LogP contribution in [0.15, 0.2) is 82.4 Å². The molecule has 2 heterocycles. The van der Waals surface area contributed by atoms with E-state index in [4.69, 9.17) is 21.4 Å². The van der Waals surface area contributed by atoms with Crippen LogP contribution in [-0.4, -0.2) is 10.7 Å². The van der Waals surface area contributed by atoms with Gasteiger partial charge in [0.05, 0.1) is 11.8 Å². The Labute approximate surface area is 171 Å². The highest BCUT2D eigenvalue weighted by atomic mass is 79.9. The maximum Gasteiger partial charge on any atom is 0.213 e. The van der Waals surface area contributed by atoms with Crippen molar-refractivity contribution in [2.45, 2.75) is 18.7 Å². The van der Waals surface area contributed by atoms with Crippen LogP contribution < -0.4 is 4.74 Å². The van der Waals surface area contributed by atoms with Crippen LogP contribution in [0.4, 0.5) is 0 Å². The lowest BCUT2D eigenvalue weighted by molar-refractivity contribution is -0.0190. The molecule has 0 N–H and O–H groups in total. The van der Waals surface area contributed by atoms with Gasteiger partial charge in [-0.05, 0) is 35.9 Å². The lowest BCUT2D eigenvalue weighted by Crippen LogP contribution is -2.33. The van der Waals surface area contributed by atoms with Gasteiger partial charge in [0, 0.05) is 27.0 Å². The number of nitrogens with zero attached hydrogens (tertiary/aromatic N) is 2. The maximum atomic E-state index is 6.36. The molecule has 5 heteroatoms. The number of rotatable bonds is 2. The van der Waals surface area contributed by atoms with Crippen molar-refractivity contribution in [2.75, 3.05) is 0 Å². The highest BCUT2D eigenvalue weighted by Gasteiger charge is 2.40. The third-order valence-corrected chi connectivity index (χ3v) is 5.81. The quantitative estimate of drug-likeness (QED) is 0.465. The summed E-state index contributed by atoms with van der Waals surface area (Å²) in [7, 11) is 0. The normalized spacial score (nSPS) is 20.5. The van der Waals surface area contributed by atoms with Gasteiger partial charge in [-0.25, -0.2) is 5.01 Å². The van der Waals surface area contributed by atoms with E-state index in [1.807, 2.05) is 48.5 Å². The van der Waals surface area contributed by atoms with Crippen molar-refractivity contribution >= 4 is 33.2 Å². The van der Waals surface area contributed by atoms with Crippen molar-refractivity contribution < 1.29 is 4.74 Å². The summed E-state index contributed by atoms with van der Waals surface area (Å²) in [5.74, 6) is 0.930. The van der Waals surface area contributed by atoms with Crippen LogP contribution in [0.25, 0.3) is 0 Å². The number of hydrogen-bond donors (Lipinski definition) is 0. The largest absolute Gasteiger partial charge is 0.464 e. The second-order valence-electron chi connectivity index (χ2n) is 6.71. The highest BCUT2D eigenvalue weighted by Crippen LogP contribution is 2.47. The molecule has 5 rings (SSSR count). The van der Waals surface area contributed by atoms with Gasteiger partial charge >= 0.3 is 0 Å². The van der Waals surface area contributed by atoms with Crippen LogP contribution in [0.3, 0.4) is 0 Å². The first-order chi connectivity index (χ1) is 13.2. The van der Waals surface area contributed by atoms with E-state index in [2.05, 4.69) is 45.2 Å². The third kappa shape index (κ3) is 3.03. The minimum absolute atomic E-state index is 0.161. The Bertz CT molecular complexity index is 1020. The minimum Gasteiger partial charge on any atom is -0.464 e. The molecule has 0 radical (unpaired) electrons. The first kappa shape index (κ1) is 16.8. The smallest absolute Gasteiger partial charge is 0.213 e.